The summed E-state index contributed by atoms with van der Waals surface area (Å²) in [6.45, 7) is 0. The van der Waals surface area contributed by atoms with Crippen LogP contribution in [0.4, 0.5) is 0 Å². The number of benzene rings is 2. The maximum absolute atomic E-state index is 11.4. The van der Waals surface area contributed by atoms with Crippen molar-refractivity contribution in [1.29, 1.82) is 0 Å². The number of allylic oxidation sites excluding steroid dienone is 4. The minimum atomic E-state index is -3.67. The molecule has 1 fully saturated rings. The number of hydrogen-bond donors (Lipinski definition) is 2. The lowest BCUT2D eigenvalue weighted by atomic mass is 9.58. The molecule has 4 rings (SSSR count). The predicted molar refractivity (Wildman–Crippen MR) is 97.4 cm³/mol. The first kappa shape index (κ1) is 16.1. The third kappa shape index (κ3) is 2.79. The van der Waals surface area contributed by atoms with Crippen LogP contribution in [0.2, 0.25) is 0 Å². The Morgan fingerprint density at radius 1 is 1.04 bits per heavy atom. The Morgan fingerprint density at radius 2 is 1.72 bits per heavy atom. The first-order chi connectivity index (χ1) is 11.9. The van der Waals surface area contributed by atoms with Crippen LogP contribution in [-0.4, -0.2) is 13.5 Å². The van der Waals surface area contributed by atoms with Gasteiger partial charge in [0.25, 0.3) is 0 Å². The highest BCUT2D eigenvalue weighted by atomic mass is 32.2. The second-order valence-electron chi connectivity index (χ2n) is 6.80. The van der Waals surface area contributed by atoms with Crippen molar-refractivity contribution in [2.24, 2.45) is 10.6 Å². The fourth-order valence-electron chi connectivity index (χ4n) is 3.83. The molecule has 0 saturated heterocycles. The van der Waals surface area contributed by atoms with E-state index in [1.165, 1.54) is 5.56 Å². The molecular weight excluding hydrogens is 334 g/mol. The van der Waals surface area contributed by atoms with Gasteiger partial charge in [0.2, 0.25) is 10.0 Å². The second kappa shape index (κ2) is 5.58. The molecule has 5 heteroatoms. The summed E-state index contributed by atoms with van der Waals surface area (Å²) in [4.78, 5) is 0.124. The van der Waals surface area contributed by atoms with Crippen LogP contribution >= 0.6 is 0 Å². The van der Waals surface area contributed by atoms with Crippen LogP contribution in [0.15, 0.2) is 71.7 Å². The second-order valence-corrected chi connectivity index (χ2v) is 8.36. The van der Waals surface area contributed by atoms with E-state index in [1.54, 1.807) is 36.4 Å². The summed E-state index contributed by atoms with van der Waals surface area (Å²) < 4.78 is 22.8. The largest absolute Gasteiger partial charge is 0.508 e. The molecule has 1 spiro atoms. The van der Waals surface area contributed by atoms with Crippen molar-refractivity contribution in [2.75, 3.05) is 0 Å². The molecule has 0 radical (unpaired) electrons. The number of nitrogens with two attached hydrogens (primary N) is 1. The first-order valence-electron chi connectivity index (χ1n) is 8.22. The number of phenols is 1. The Morgan fingerprint density at radius 3 is 2.28 bits per heavy atom. The molecule has 2 aromatic carbocycles. The number of hydrogen-bond acceptors (Lipinski definition) is 3. The molecule has 128 valence electrons. The fraction of sp³-hybridized carbons (Fsp3) is 0.200. The van der Waals surface area contributed by atoms with Crippen LogP contribution in [0.1, 0.15) is 29.9 Å². The molecular formula is C20H19NO3S. The summed E-state index contributed by atoms with van der Waals surface area (Å²) in [6.07, 6.45) is 8.84. The molecule has 25 heavy (non-hydrogen) atoms. The van der Waals surface area contributed by atoms with Crippen LogP contribution in [0.5, 0.6) is 5.75 Å². The van der Waals surface area contributed by atoms with Crippen molar-refractivity contribution in [3.63, 3.8) is 0 Å². The van der Waals surface area contributed by atoms with Crippen molar-refractivity contribution in [3.8, 4) is 5.75 Å². The minimum absolute atomic E-state index is 0.0188. The molecule has 0 heterocycles. The molecule has 2 unspecified atom stereocenters. The van der Waals surface area contributed by atoms with Gasteiger partial charge < -0.3 is 5.11 Å². The first-order valence-corrected chi connectivity index (χ1v) is 9.76. The number of sulfonamides is 1. The summed E-state index contributed by atoms with van der Waals surface area (Å²) in [6, 6.07) is 14.1. The highest BCUT2D eigenvalue weighted by molar-refractivity contribution is 7.89. The van der Waals surface area contributed by atoms with Crippen LogP contribution in [-0.2, 0) is 10.0 Å². The third-order valence-corrected chi connectivity index (χ3v) is 6.25. The Bertz CT molecular complexity index is 973. The molecule has 0 aliphatic heterocycles. The molecule has 2 aliphatic rings. The number of aromatic hydroxyl groups is 1. The number of phenolic OH excluding ortho intramolecular Hbond substituents is 1. The van der Waals surface area contributed by atoms with Gasteiger partial charge in [0, 0.05) is 5.41 Å². The van der Waals surface area contributed by atoms with E-state index in [2.05, 4.69) is 18.2 Å². The predicted octanol–water partition coefficient (Wildman–Crippen LogP) is 3.56. The zero-order valence-electron chi connectivity index (χ0n) is 13.6. The highest BCUT2D eigenvalue weighted by Crippen LogP contribution is 2.58. The molecule has 1 saturated carbocycles. The zero-order chi connectivity index (χ0) is 17.7. The van der Waals surface area contributed by atoms with Crippen molar-refractivity contribution < 1.29 is 13.5 Å². The van der Waals surface area contributed by atoms with E-state index in [0.29, 0.717) is 5.92 Å². The van der Waals surface area contributed by atoms with E-state index in [-0.39, 0.29) is 16.1 Å². The normalized spacial score (nSPS) is 25.0. The lowest BCUT2D eigenvalue weighted by Gasteiger charge is -2.45. The van der Waals surface area contributed by atoms with E-state index >= 15 is 0 Å². The Hall–Kier alpha value is -2.37. The Labute approximate surface area is 147 Å². The zero-order valence-corrected chi connectivity index (χ0v) is 14.4. The van der Waals surface area contributed by atoms with Crippen molar-refractivity contribution in [3.05, 3.63) is 77.9 Å². The smallest absolute Gasteiger partial charge is 0.238 e. The molecule has 2 aromatic rings. The quantitative estimate of drug-likeness (QED) is 0.885. The van der Waals surface area contributed by atoms with Gasteiger partial charge in [0.15, 0.2) is 0 Å². The Balaban J connectivity index is 1.62. The molecule has 0 aromatic heterocycles. The average molecular weight is 353 g/mol. The summed E-state index contributed by atoms with van der Waals surface area (Å²) in [5.41, 5.74) is 3.34. The summed E-state index contributed by atoms with van der Waals surface area (Å²) >= 11 is 0. The highest BCUT2D eigenvalue weighted by Gasteiger charge is 2.45. The summed E-state index contributed by atoms with van der Waals surface area (Å²) in [5, 5.41) is 14.6. The van der Waals surface area contributed by atoms with Crippen LogP contribution in [0.3, 0.4) is 0 Å². The summed E-state index contributed by atoms with van der Waals surface area (Å²) in [5.74, 6) is 0.691. The van der Waals surface area contributed by atoms with Crippen molar-refractivity contribution in [2.45, 2.75) is 23.7 Å². The molecule has 4 nitrogen and oxygen atoms in total. The van der Waals surface area contributed by atoms with E-state index in [1.807, 2.05) is 12.1 Å². The molecule has 3 N–H and O–H groups in total. The van der Waals surface area contributed by atoms with E-state index in [9.17, 15) is 13.5 Å². The van der Waals surface area contributed by atoms with Gasteiger partial charge in [-0.05, 0) is 59.7 Å². The van der Waals surface area contributed by atoms with Crippen molar-refractivity contribution >= 4 is 15.6 Å². The van der Waals surface area contributed by atoms with Crippen LogP contribution < -0.4 is 5.14 Å². The van der Waals surface area contributed by atoms with E-state index in [4.69, 9.17) is 5.14 Å². The van der Waals surface area contributed by atoms with Crippen LogP contribution in [0.25, 0.3) is 5.57 Å². The third-order valence-electron chi connectivity index (χ3n) is 5.32. The molecule has 0 amide bonds. The lowest BCUT2D eigenvalue weighted by molar-refractivity contribution is 0.221. The van der Waals surface area contributed by atoms with Gasteiger partial charge in [-0.15, -0.1) is 0 Å². The topological polar surface area (TPSA) is 80.4 Å². The van der Waals surface area contributed by atoms with Gasteiger partial charge in [0.05, 0.1) is 4.90 Å². The van der Waals surface area contributed by atoms with E-state index in [0.717, 1.165) is 24.0 Å². The Kier molecular flexibility index (Phi) is 3.60. The molecule has 0 bridgehead atoms. The van der Waals surface area contributed by atoms with Gasteiger partial charge in [-0.25, -0.2) is 13.6 Å². The fourth-order valence-corrected chi connectivity index (χ4v) is 4.34. The monoisotopic (exact) mass is 353 g/mol. The minimum Gasteiger partial charge on any atom is -0.508 e. The van der Waals surface area contributed by atoms with Crippen LogP contribution in [0, 0.1) is 5.41 Å². The van der Waals surface area contributed by atoms with E-state index < -0.39 is 10.0 Å². The number of rotatable bonds is 3. The van der Waals surface area contributed by atoms with Gasteiger partial charge in [-0.3, -0.25) is 0 Å². The van der Waals surface area contributed by atoms with Crippen molar-refractivity contribution in [1.82, 2.24) is 0 Å². The average Bonchev–Trinajstić information content (AvgIpc) is 3.03. The SMILES string of the molecule is NS(=O)(=O)c1ccc(C2=CC3(C=C2)CCC3c2ccc(O)cc2)cc1. The molecule has 2 atom stereocenters. The summed E-state index contributed by atoms with van der Waals surface area (Å²) in [7, 11) is -3.67. The van der Waals surface area contributed by atoms with Gasteiger partial charge in [-0.1, -0.05) is 42.5 Å². The van der Waals surface area contributed by atoms with Gasteiger partial charge in [-0.2, -0.15) is 0 Å². The maximum Gasteiger partial charge on any atom is 0.238 e. The van der Waals surface area contributed by atoms with Gasteiger partial charge >= 0.3 is 0 Å². The lowest BCUT2D eigenvalue weighted by Crippen LogP contribution is -2.33. The van der Waals surface area contributed by atoms with Gasteiger partial charge in [0.1, 0.15) is 5.75 Å². The standard InChI is InChI=1S/C20H19NO3S/c21-25(23,24)18-7-3-14(4-8-18)16-9-11-20(13-16)12-10-19(20)15-1-5-17(22)6-2-15/h1-9,11,13,19,22H,10,12H2,(H2,21,23,24). The number of primary sulfonamides is 1. The maximum atomic E-state index is 11.4. The molecule has 2 aliphatic carbocycles.